The number of rotatable bonds is 30. The van der Waals surface area contributed by atoms with Gasteiger partial charge < -0.3 is 5.73 Å². The monoisotopic (exact) mass is 516 g/mol. The second kappa shape index (κ2) is 34.2. The molecule has 0 spiro atoms. The minimum atomic E-state index is 0. The zero-order chi connectivity index (χ0) is 24.8. The average Bonchev–Trinajstić information content (AvgIpc) is 2.84. The summed E-state index contributed by atoms with van der Waals surface area (Å²) in [5.74, 6) is 0. The van der Waals surface area contributed by atoms with Crippen LogP contribution in [-0.2, 0) is 0 Å². The molecule has 0 saturated heterocycles. The van der Waals surface area contributed by atoms with Crippen LogP contribution in [0.1, 0.15) is 206 Å². The predicted octanol–water partition coefficient (Wildman–Crippen LogP) is 12.5. The summed E-state index contributed by atoms with van der Waals surface area (Å²) in [6, 6.07) is 0.467. The van der Waals surface area contributed by atoms with Crippen molar-refractivity contribution in [2.24, 2.45) is 5.73 Å². The molecule has 0 rings (SSSR count). The largest absolute Gasteiger partial charge is 0.328 e. The van der Waals surface area contributed by atoms with E-state index < -0.39 is 0 Å². The van der Waals surface area contributed by atoms with E-state index in [0.717, 1.165) is 0 Å². The third-order valence-corrected chi connectivity index (χ3v) is 7.86. The van der Waals surface area contributed by atoms with Gasteiger partial charge in [0.1, 0.15) is 0 Å². The third kappa shape index (κ3) is 34.2. The maximum absolute atomic E-state index is 6.37. The van der Waals surface area contributed by atoms with Gasteiger partial charge in [0.05, 0.1) is 0 Å². The molecule has 0 aliphatic carbocycles. The quantitative estimate of drug-likeness (QED) is 0.0945. The number of hydrogen-bond acceptors (Lipinski definition) is 1. The molecule has 0 aliphatic heterocycles. The van der Waals surface area contributed by atoms with Gasteiger partial charge >= 0.3 is 0 Å². The van der Waals surface area contributed by atoms with Crippen LogP contribution in [0, 0.1) is 0 Å². The Kier molecular flexibility index (Phi) is 36.6. The first-order chi connectivity index (χ1) is 16.8. The second-order valence-electron chi connectivity index (χ2n) is 11.5. The Balaban J connectivity index is 0. The van der Waals surface area contributed by atoms with Gasteiger partial charge in [-0.15, -0.1) is 12.4 Å². The molecular weight excluding hydrogens is 446 g/mol. The Morgan fingerprint density at radius 3 is 0.686 bits per heavy atom. The molecule has 0 saturated carbocycles. The Labute approximate surface area is 230 Å². The van der Waals surface area contributed by atoms with Crippen molar-refractivity contribution >= 4 is 12.4 Å². The maximum atomic E-state index is 6.37. The lowest BCUT2D eigenvalue weighted by atomic mass is 10.00. The molecule has 0 atom stereocenters. The first kappa shape index (κ1) is 37.4. The van der Waals surface area contributed by atoms with E-state index in [9.17, 15) is 0 Å². The molecule has 2 heteroatoms. The summed E-state index contributed by atoms with van der Waals surface area (Å²) in [5, 5.41) is 0. The fourth-order valence-corrected chi connectivity index (χ4v) is 5.35. The number of nitrogens with two attached hydrogens (primary N) is 1. The van der Waals surface area contributed by atoms with Crippen molar-refractivity contribution in [2.75, 3.05) is 0 Å². The smallest absolute Gasteiger partial charge is 0.00388 e. The Hall–Kier alpha value is 0.250. The van der Waals surface area contributed by atoms with Crippen LogP contribution < -0.4 is 5.73 Å². The molecule has 0 amide bonds. The van der Waals surface area contributed by atoms with Gasteiger partial charge in [0.2, 0.25) is 0 Å². The van der Waals surface area contributed by atoms with Gasteiger partial charge in [0, 0.05) is 6.04 Å². The normalized spacial score (nSPS) is 11.3. The molecule has 0 unspecified atom stereocenters. The lowest BCUT2D eigenvalue weighted by molar-refractivity contribution is 0.477. The zero-order valence-electron chi connectivity index (χ0n) is 24.8. The summed E-state index contributed by atoms with van der Waals surface area (Å²) in [4.78, 5) is 0. The standard InChI is InChI=1S/C33H69N.ClH/c1-3-5-7-9-11-13-15-17-19-21-23-25-27-29-31-33(34)32-30-28-26-24-22-20-18-16-14-12-10-8-6-4-2;/h33H,3-32,34H2,1-2H3;1H. The lowest BCUT2D eigenvalue weighted by Gasteiger charge is -2.11. The molecule has 35 heavy (non-hydrogen) atoms. The van der Waals surface area contributed by atoms with Gasteiger partial charge in [-0.25, -0.2) is 0 Å². The van der Waals surface area contributed by atoms with Crippen molar-refractivity contribution in [2.45, 2.75) is 213 Å². The van der Waals surface area contributed by atoms with E-state index in [-0.39, 0.29) is 12.4 Å². The molecule has 2 N–H and O–H groups in total. The van der Waals surface area contributed by atoms with Crippen molar-refractivity contribution in [3.8, 4) is 0 Å². The van der Waals surface area contributed by atoms with Crippen molar-refractivity contribution in [1.82, 2.24) is 0 Å². The van der Waals surface area contributed by atoms with Crippen LogP contribution in [0.3, 0.4) is 0 Å². The van der Waals surface area contributed by atoms with E-state index in [1.807, 2.05) is 0 Å². The first-order valence-electron chi connectivity index (χ1n) is 16.6. The van der Waals surface area contributed by atoms with Gasteiger partial charge in [0.25, 0.3) is 0 Å². The van der Waals surface area contributed by atoms with E-state index in [1.165, 1.54) is 193 Å². The molecule has 0 bridgehead atoms. The molecule has 0 aromatic rings. The summed E-state index contributed by atoms with van der Waals surface area (Å²) in [7, 11) is 0. The molecular formula is C33H70ClN. The van der Waals surface area contributed by atoms with Crippen LogP contribution >= 0.6 is 12.4 Å². The molecule has 0 heterocycles. The maximum Gasteiger partial charge on any atom is 0.00388 e. The SMILES string of the molecule is CCCCCCCCCCCCCCCCC(N)CCCCCCCCCCCCCCCC.Cl. The molecule has 0 radical (unpaired) electrons. The van der Waals surface area contributed by atoms with Crippen LogP contribution in [0.15, 0.2) is 0 Å². The van der Waals surface area contributed by atoms with Gasteiger partial charge in [-0.05, 0) is 12.8 Å². The number of unbranched alkanes of at least 4 members (excludes halogenated alkanes) is 26. The molecule has 0 aliphatic rings. The second-order valence-corrected chi connectivity index (χ2v) is 11.5. The van der Waals surface area contributed by atoms with Crippen molar-refractivity contribution in [3.05, 3.63) is 0 Å². The zero-order valence-corrected chi connectivity index (χ0v) is 25.6. The van der Waals surface area contributed by atoms with Gasteiger partial charge in [0.15, 0.2) is 0 Å². The number of hydrogen-bond donors (Lipinski definition) is 1. The predicted molar refractivity (Wildman–Crippen MR) is 165 cm³/mol. The van der Waals surface area contributed by atoms with E-state index in [4.69, 9.17) is 5.73 Å². The highest BCUT2D eigenvalue weighted by molar-refractivity contribution is 5.85. The minimum absolute atomic E-state index is 0. The highest BCUT2D eigenvalue weighted by Gasteiger charge is 2.02. The minimum Gasteiger partial charge on any atom is -0.328 e. The van der Waals surface area contributed by atoms with E-state index in [1.54, 1.807) is 0 Å². The molecule has 0 fully saturated rings. The first-order valence-corrected chi connectivity index (χ1v) is 16.6. The Morgan fingerprint density at radius 2 is 0.486 bits per heavy atom. The van der Waals surface area contributed by atoms with Crippen molar-refractivity contribution < 1.29 is 0 Å². The van der Waals surface area contributed by atoms with Crippen LogP contribution in [0.5, 0.6) is 0 Å². The van der Waals surface area contributed by atoms with Gasteiger partial charge in [-0.3, -0.25) is 0 Å². The van der Waals surface area contributed by atoms with Crippen LogP contribution in [0.2, 0.25) is 0 Å². The lowest BCUT2D eigenvalue weighted by Crippen LogP contribution is -2.19. The third-order valence-electron chi connectivity index (χ3n) is 7.86. The number of halogens is 1. The summed E-state index contributed by atoms with van der Waals surface area (Å²) in [6.07, 6.45) is 42.9. The van der Waals surface area contributed by atoms with Crippen LogP contribution in [0.4, 0.5) is 0 Å². The van der Waals surface area contributed by atoms with E-state index in [2.05, 4.69) is 13.8 Å². The van der Waals surface area contributed by atoms with E-state index in [0.29, 0.717) is 6.04 Å². The van der Waals surface area contributed by atoms with Gasteiger partial charge in [-0.1, -0.05) is 194 Å². The van der Waals surface area contributed by atoms with Crippen LogP contribution in [0.25, 0.3) is 0 Å². The molecule has 214 valence electrons. The summed E-state index contributed by atoms with van der Waals surface area (Å²) >= 11 is 0. The van der Waals surface area contributed by atoms with Crippen molar-refractivity contribution in [3.63, 3.8) is 0 Å². The van der Waals surface area contributed by atoms with Gasteiger partial charge in [-0.2, -0.15) is 0 Å². The molecule has 0 aromatic carbocycles. The Bertz CT molecular complexity index is 314. The van der Waals surface area contributed by atoms with Crippen LogP contribution in [-0.4, -0.2) is 6.04 Å². The molecule has 0 aromatic heterocycles. The molecule has 1 nitrogen and oxygen atoms in total. The summed E-state index contributed by atoms with van der Waals surface area (Å²) in [5.41, 5.74) is 6.37. The Morgan fingerprint density at radius 1 is 0.314 bits per heavy atom. The highest BCUT2D eigenvalue weighted by atomic mass is 35.5. The topological polar surface area (TPSA) is 26.0 Å². The fraction of sp³-hybridized carbons (Fsp3) is 1.00. The highest BCUT2D eigenvalue weighted by Crippen LogP contribution is 2.16. The van der Waals surface area contributed by atoms with E-state index >= 15 is 0 Å². The average molecular weight is 516 g/mol. The summed E-state index contributed by atoms with van der Waals surface area (Å²) in [6.45, 7) is 4.60. The summed E-state index contributed by atoms with van der Waals surface area (Å²) < 4.78 is 0. The fourth-order valence-electron chi connectivity index (χ4n) is 5.35. The van der Waals surface area contributed by atoms with Crippen molar-refractivity contribution in [1.29, 1.82) is 0 Å².